The van der Waals surface area contributed by atoms with Gasteiger partial charge in [-0.25, -0.2) is 9.67 Å². The van der Waals surface area contributed by atoms with E-state index in [0.29, 0.717) is 24.6 Å². The Labute approximate surface area is 193 Å². The number of hydrogen-bond acceptors (Lipinski definition) is 5. The second-order valence-electron chi connectivity index (χ2n) is 10.6. The lowest BCUT2D eigenvalue weighted by Gasteiger charge is -2.36. The molecule has 5 rings (SSSR count). The first-order valence-electron chi connectivity index (χ1n) is 12.0. The molecule has 174 valence electrons. The van der Waals surface area contributed by atoms with E-state index in [-0.39, 0.29) is 34.2 Å². The maximum Gasteiger partial charge on any atom is 0.281 e. The lowest BCUT2D eigenvalue weighted by Crippen LogP contribution is -2.44. The molecule has 0 bridgehead atoms. The van der Waals surface area contributed by atoms with Gasteiger partial charge in [0.25, 0.3) is 5.56 Å². The number of nitrogens with zero attached hydrogens (tertiary/aromatic N) is 5. The summed E-state index contributed by atoms with van der Waals surface area (Å²) in [7, 11) is 0. The Kier molecular flexibility index (Phi) is 5.54. The van der Waals surface area contributed by atoms with E-state index in [1.807, 2.05) is 4.90 Å². The molecular weight excluding hydrogens is 416 g/mol. The molecule has 0 spiro atoms. The van der Waals surface area contributed by atoms with Gasteiger partial charge >= 0.3 is 0 Å². The Morgan fingerprint density at radius 2 is 1.88 bits per heavy atom. The highest BCUT2D eigenvalue weighted by Gasteiger charge is 2.33. The van der Waals surface area contributed by atoms with Gasteiger partial charge in [-0.15, -0.1) is 5.10 Å². The first-order chi connectivity index (χ1) is 15.8. The number of carbonyl (C=O) groups excluding carboxylic acids is 1. The molecule has 0 unspecified atom stereocenters. The molecule has 0 radical (unpaired) electrons. The highest BCUT2D eigenvalue weighted by molar-refractivity contribution is 5.79. The third-order valence-electron chi connectivity index (χ3n) is 7.12. The third kappa shape index (κ3) is 4.30. The number of aromatic amines is 1. The maximum atomic E-state index is 12.8. The van der Waals surface area contributed by atoms with Gasteiger partial charge in [-0.05, 0) is 42.2 Å². The quantitative estimate of drug-likeness (QED) is 0.660. The molecule has 1 N–H and O–H groups in total. The number of amides is 1. The topological polar surface area (TPSA) is 96.8 Å². The molecule has 2 aromatic heterocycles. The van der Waals surface area contributed by atoms with Crippen molar-refractivity contribution in [2.24, 2.45) is 5.92 Å². The summed E-state index contributed by atoms with van der Waals surface area (Å²) in [6, 6.07) is 8.45. The number of fused-ring (bicyclic) bond motifs is 1. The Balaban J connectivity index is 1.39. The van der Waals surface area contributed by atoms with Crippen molar-refractivity contribution >= 4 is 17.1 Å². The minimum Gasteiger partial charge on any atom is -0.342 e. The van der Waals surface area contributed by atoms with Crippen LogP contribution in [0.4, 0.5) is 0 Å². The van der Waals surface area contributed by atoms with Crippen LogP contribution in [0.3, 0.4) is 0 Å². The Morgan fingerprint density at radius 3 is 2.55 bits per heavy atom. The summed E-state index contributed by atoms with van der Waals surface area (Å²) in [5.41, 5.74) is 2.92. The second kappa shape index (κ2) is 8.39. The number of rotatable bonds is 4. The van der Waals surface area contributed by atoms with Crippen molar-refractivity contribution < 1.29 is 4.79 Å². The van der Waals surface area contributed by atoms with Gasteiger partial charge in [0.2, 0.25) is 5.91 Å². The lowest BCUT2D eigenvalue weighted by molar-refractivity contribution is -0.139. The average molecular weight is 449 g/mol. The number of benzene rings is 1. The third-order valence-corrected chi connectivity index (χ3v) is 7.12. The molecule has 1 aliphatic carbocycles. The number of nitrogens with one attached hydrogen (secondary N) is 1. The summed E-state index contributed by atoms with van der Waals surface area (Å²) in [4.78, 5) is 35.2. The molecule has 3 heterocycles. The molecule has 33 heavy (non-hydrogen) atoms. The Bertz CT molecular complexity index is 1220. The van der Waals surface area contributed by atoms with E-state index in [9.17, 15) is 9.59 Å². The number of likely N-dealkylation sites (tertiary alicyclic amines) is 1. The molecule has 3 aromatic rings. The molecule has 2 fully saturated rings. The SMILES string of the molecule is CC(C)(C)c1ccc(Cn2nnc3c(=O)[nH]c([C@H]4CCCN(C(=O)C5CCC5)C4)nc32)cc1. The Morgan fingerprint density at radius 1 is 1.12 bits per heavy atom. The van der Waals surface area contributed by atoms with Crippen molar-refractivity contribution in [1.82, 2.24) is 29.9 Å². The fourth-order valence-electron chi connectivity index (χ4n) is 4.78. The fourth-order valence-corrected chi connectivity index (χ4v) is 4.78. The largest absolute Gasteiger partial charge is 0.342 e. The molecule has 1 saturated carbocycles. The Hall–Kier alpha value is -3.03. The van der Waals surface area contributed by atoms with Crippen molar-refractivity contribution in [2.75, 3.05) is 13.1 Å². The van der Waals surface area contributed by atoms with Crippen LogP contribution in [0.15, 0.2) is 29.1 Å². The lowest BCUT2D eigenvalue weighted by atomic mass is 9.83. The van der Waals surface area contributed by atoms with Crippen LogP contribution in [-0.2, 0) is 16.8 Å². The monoisotopic (exact) mass is 448 g/mol. The van der Waals surface area contributed by atoms with E-state index in [0.717, 1.165) is 44.2 Å². The minimum absolute atomic E-state index is 0.0225. The molecule has 8 nitrogen and oxygen atoms in total. The van der Waals surface area contributed by atoms with E-state index in [2.05, 4.69) is 60.3 Å². The minimum atomic E-state index is -0.272. The average Bonchev–Trinajstić information content (AvgIpc) is 3.15. The smallest absolute Gasteiger partial charge is 0.281 e. The predicted molar refractivity (Wildman–Crippen MR) is 126 cm³/mol. The van der Waals surface area contributed by atoms with E-state index in [1.54, 1.807) is 4.68 Å². The molecule has 8 heteroatoms. The van der Waals surface area contributed by atoms with E-state index in [1.165, 1.54) is 5.56 Å². The zero-order valence-electron chi connectivity index (χ0n) is 19.7. The summed E-state index contributed by atoms with van der Waals surface area (Å²) >= 11 is 0. The number of carbonyl (C=O) groups is 1. The highest BCUT2D eigenvalue weighted by atomic mass is 16.2. The summed E-state index contributed by atoms with van der Waals surface area (Å²) in [6.07, 6.45) is 4.97. The molecule has 1 amide bonds. The van der Waals surface area contributed by atoms with Gasteiger partial charge in [0.05, 0.1) is 6.54 Å². The number of hydrogen-bond donors (Lipinski definition) is 1. The van der Waals surface area contributed by atoms with Crippen LogP contribution in [0.1, 0.15) is 75.7 Å². The highest BCUT2D eigenvalue weighted by Crippen LogP contribution is 2.32. The van der Waals surface area contributed by atoms with Crippen molar-refractivity contribution in [3.8, 4) is 0 Å². The summed E-state index contributed by atoms with van der Waals surface area (Å²) in [5, 5.41) is 8.30. The molecule has 1 aromatic carbocycles. The van der Waals surface area contributed by atoms with Gasteiger partial charge in [0.1, 0.15) is 5.82 Å². The van der Waals surface area contributed by atoms with Gasteiger partial charge in [-0.1, -0.05) is 56.7 Å². The maximum absolute atomic E-state index is 12.8. The van der Waals surface area contributed by atoms with Crippen LogP contribution < -0.4 is 5.56 Å². The van der Waals surface area contributed by atoms with E-state index >= 15 is 0 Å². The van der Waals surface area contributed by atoms with Crippen LogP contribution in [0.2, 0.25) is 0 Å². The zero-order valence-corrected chi connectivity index (χ0v) is 19.7. The van der Waals surface area contributed by atoms with Gasteiger partial charge in [0.15, 0.2) is 11.2 Å². The summed E-state index contributed by atoms with van der Waals surface area (Å²) in [6.45, 7) is 8.47. The van der Waals surface area contributed by atoms with Gasteiger partial charge in [0, 0.05) is 24.9 Å². The molecular formula is C25H32N6O2. The van der Waals surface area contributed by atoms with Gasteiger partial charge < -0.3 is 9.88 Å². The molecule has 1 aliphatic heterocycles. The van der Waals surface area contributed by atoms with E-state index in [4.69, 9.17) is 4.98 Å². The normalized spacial score (nSPS) is 19.6. The van der Waals surface area contributed by atoms with Crippen molar-refractivity contribution in [3.05, 3.63) is 51.6 Å². The second-order valence-corrected chi connectivity index (χ2v) is 10.6. The molecule has 1 atom stereocenters. The number of aromatic nitrogens is 5. The number of piperidine rings is 1. The first kappa shape index (κ1) is 21.8. The van der Waals surface area contributed by atoms with E-state index < -0.39 is 0 Å². The predicted octanol–water partition coefficient (Wildman–Crippen LogP) is 3.37. The number of H-pyrrole nitrogens is 1. The van der Waals surface area contributed by atoms with Crippen LogP contribution in [0.25, 0.3) is 11.2 Å². The van der Waals surface area contributed by atoms with Crippen molar-refractivity contribution in [3.63, 3.8) is 0 Å². The van der Waals surface area contributed by atoms with Gasteiger partial charge in [-0.2, -0.15) is 0 Å². The standard InChI is InChI=1S/C25H32N6O2/c1-25(2,3)19-11-9-16(10-12-19)14-31-22-20(28-29-31)23(32)27-21(26-22)18-8-5-13-30(15-18)24(33)17-6-4-7-17/h9-12,17-18H,4-8,13-15H2,1-3H3,(H,26,27,32)/t18-/m0/s1. The molecule has 1 saturated heterocycles. The first-order valence-corrected chi connectivity index (χ1v) is 12.0. The fraction of sp³-hybridized carbons (Fsp3) is 0.560. The summed E-state index contributed by atoms with van der Waals surface area (Å²) < 4.78 is 1.69. The van der Waals surface area contributed by atoms with Crippen molar-refractivity contribution in [1.29, 1.82) is 0 Å². The van der Waals surface area contributed by atoms with Crippen LogP contribution in [0.5, 0.6) is 0 Å². The zero-order chi connectivity index (χ0) is 23.2. The molecule has 2 aliphatic rings. The van der Waals surface area contributed by atoms with Crippen molar-refractivity contribution in [2.45, 2.75) is 70.8 Å². The van der Waals surface area contributed by atoms with Crippen LogP contribution in [0, 0.1) is 5.92 Å². The van der Waals surface area contributed by atoms with Crippen LogP contribution in [-0.4, -0.2) is 48.9 Å². The van der Waals surface area contributed by atoms with Crippen LogP contribution >= 0.6 is 0 Å². The summed E-state index contributed by atoms with van der Waals surface area (Å²) in [5.74, 6) is 1.10. The van der Waals surface area contributed by atoms with Gasteiger partial charge in [-0.3, -0.25) is 9.59 Å².